The highest BCUT2D eigenvalue weighted by molar-refractivity contribution is 5.58. The number of aliphatic hydroxyl groups excluding tert-OH is 1. The van der Waals surface area contributed by atoms with E-state index in [9.17, 15) is 15.0 Å². The number of rotatable bonds is 4. The number of hydrogen-bond acceptors (Lipinski definition) is 3. The number of allylic oxidation sites excluding steroid dienone is 1. The molecule has 0 aromatic carbocycles. The number of carbonyl (C=O) groups is 1. The molecule has 2 aliphatic carbocycles. The molecule has 0 amide bonds. The zero-order valence-electron chi connectivity index (χ0n) is 11.8. The largest absolute Gasteiger partial charge is 0.386 e. The standard InChI is InChI=1S/C16H26O3/c1-3-6-13-15(2)9-5-4-7-12(15)8-10-16(13,19)14(18)11-17/h3,11-14,18-19H,1,4-10H2,2H3. The number of aliphatic hydroxyl groups is 2. The first-order valence-corrected chi connectivity index (χ1v) is 7.45. The van der Waals surface area contributed by atoms with Crippen LogP contribution in [0.5, 0.6) is 0 Å². The van der Waals surface area contributed by atoms with Crippen molar-refractivity contribution in [1.82, 2.24) is 0 Å². The van der Waals surface area contributed by atoms with Gasteiger partial charge in [-0.2, -0.15) is 0 Å². The predicted molar refractivity (Wildman–Crippen MR) is 74.6 cm³/mol. The SMILES string of the molecule is C=CCC1C2(C)CCCCC2CCC1(O)C(O)C=O. The molecule has 2 rings (SSSR count). The van der Waals surface area contributed by atoms with Gasteiger partial charge in [0, 0.05) is 0 Å². The molecule has 5 atom stereocenters. The number of fused-ring (bicyclic) bond motifs is 1. The Labute approximate surface area is 115 Å². The van der Waals surface area contributed by atoms with E-state index in [1.807, 2.05) is 6.08 Å². The molecule has 0 radical (unpaired) electrons. The number of hydrogen-bond donors (Lipinski definition) is 2. The molecule has 5 unspecified atom stereocenters. The van der Waals surface area contributed by atoms with Gasteiger partial charge in [-0.1, -0.05) is 25.8 Å². The Morgan fingerprint density at radius 1 is 1.37 bits per heavy atom. The Morgan fingerprint density at radius 3 is 2.74 bits per heavy atom. The highest BCUT2D eigenvalue weighted by atomic mass is 16.3. The minimum absolute atomic E-state index is 0.0173. The van der Waals surface area contributed by atoms with Crippen LogP contribution in [0.3, 0.4) is 0 Å². The molecule has 2 saturated carbocycles. The first-order chi connectivity index (χ1) is 8.99. The van der Waals surface area contributed by atoms with Crippen LogP contribution in [-0.4, -0.2) is 28.2 Å². The number of carbonyl (C=O) groups excluding carboxylic acids is 1. The molecular formula is C16H26O3. The minimum Gasteiger partial charge on any atom is -0.386 e. The Hall–Kier alpha value is -0.670. The summed E-state index contributed by atoms with van der Waals surface area (Å²) in [4.78, 5) is 11.0. The van der Waals surface area contributed by atoms with Crippen LogP contribution in [0.25, 0.3) is 0 Å². The Balaban J connectivity index is 2.36. The van der Waals surface area contributed by atoms with Gasteiger partial charge >= 0.3 is 0 Å². The van der Waals surface area contributed by atoms with E-state index in [0.29, 0.717) is 25.0 Å². The van der Waals surface area contributed by atoms with Crippen LogP contribution in [0.4, 0.5) is 0 Å². The maximum atomic E-state index is 11.0. The van der Waals surface area contributed by atoms with Crippen molar-refractivity contribution in [3.05, 3.63) is 12.7 Å². The molecule has 0 bridgehead atoms. The summed E-state index contributed by atoms with van der Waals surface area (Å²) in [5.74, 6) is 0.530. The Kier molecular flexibility index (Phi) is 4.17. The smallest absolute Gasteiger partial charge is 0.151 e. The molecule has 108 valence electrons. The summed E-state index contributed by atoms with van der Waals surface area (Å²) in [6.45, 7) is 6.02. The quantitative estimate of drug-likeness (QED) is 0.607. The van der Waals surface area contributed by atoms with E-state index in [2.05, 4.69) is 13.5 Å². The van der Waals surface area contributed by atoms with Crippen LogP contribution in [0, 0.1) is 17.3 Å². The highest BCUT2D eigenvalue weighted by Gasteiger charge is 2.57. The van der Waals surface area contributed by atoms with Crippen molar-refractivity contribution in [3.63, 3.8) is 0 Å². The molecule has 0 aliphatic heterocycles. The molecular weight excluding hydrogens is 240 g/mol. The van der Waals surface area contributed by atoms with Crippen LogP contribution >= 0.6 is 0 Å². The highest BCUT2D eigenvalue weighted by Crippen LogP contribution is 2.58. The van der Waals surface area contributed by atoms with Crippen molar-refractivity contribution in [2.24, 2.45) is 17.3 Å². The van der Waals surface area contributed by atoms with Gasteiger partial charge in [0.15, 0.2) is 6.29 Å². The fourth-order valence-corrected chi connectivity index (χ4v) is 4.63. The van der Waals surface area contributed by atoms with Crippen molar-refractivity contribution >= 4 is 6.29 Å². The van der Waals surface area contributed by atoms with Crippen molar-refractivity contribution in [1.29, 1.82) is 0 Å². The van der Waals surface area contributed by atoms with Gasteiger partial charge in [0.2, 0.25) is 0 Å². The zero-order valence-corrected chi connectivity index (χ0v) is 11.8. The van der Waals surface area contributed by atoms with Gasteiger partial charge in [0.25, 0.3) is 0 Å². The summed E-state index contributed by atoms with van der Waals surface area (Å²) in [6, 6.07) is 0. The zero-order chi connectivity index (χ0) is 14.1. The summed E-state index contributed by atoms with van der Waals surface area (Å²) in [5, 5.41) is 20.9. The third kappa shape index (κ3) is 2.27. The lowest BCUT2D eigenvalue weighted by atomic mass is 9.49. The van der Waals surface area contributed by atoms with Crippen LogP contribution in [0.1, 0.15) is 51.9 Å². The van der Waals surface area contributed by atoms with E-state index < -0.39 is 11.7 Å². The fourth-order valence-electron chi connectivity index (χ4n) is 4.63. The Morgan fingerprint density at radius 2 is 2.11 bits per heavy atom. The van der Waals surface area contributed by atoms with Gasteiger partial charge in [0.05, 0.1) is 0 Å². The number of aldehydes is 1. The molecule has 19 heavy (non-hydrogen) atoms. The van der Waals surface area contributed by atoms with E-state index in [4.69, 9.17) is 0 Å². The van der Waals surface area contributed by atoms with Gasteiger partial charge in [0.1, 0.15) is 11.7 Å². The third-order valence-corrected chi connectivity index (χ3v) is 5.79. The van der Waals surface area contributed by atoms with Crippen molar-refractivity contribution < 1.29 is 15.0 Å². The lowest BCUT2D eigenvalue weighted by Gasteiger charge is -2.57. The van der Waals surface area contributed by atoms with E-state index in [0.717, 1.165) is 12.8 Å². The lowest BCUT2D eigenvalue weighted by Crippen LogP contribution is -2.60. The maximum Gasteiger partial charge on any atom is 0.151 e. The van der Waals surface area contributed by atoms with Gasteiger partial charge in [-0.05, 0) is 49.4 Å². The van der Waals surface area contributed by atoms with Crippen LogP contribution in [-0.2, 0) is 4.79 Å². The molecule has 2 N–H and O–H groups in total. The summed E-state index contributed by atoms with van der Waals surface area (Å²) >= 11 is 0. The second kappa shape index (κ2) is 5.37. The van der Waals surface area contributed by atoms with Gasteiger partial charge in [-0.3, -0.25) is 0 Å². The van der Waals surface area contributed by atoms with Crippen molar-refractivity contribution in [2.45, 2.75) is 63.6 Å². The molecule has 0 saturated heterocycles. The van der Waals surface area contributed by atoms with Crippen LogP contribution in [0.2, 0.25) is 0 Å². The molecule has 3 heteroatoms. The van der Waals surface area contributed by atoms with Gasteiger partial charge < -0.3 is 15.0 Å². The van der Waals surface area contributed by atoms with Crippen molar-refractivity contribution in [2.75, 3.05) is 0 Å². The summed E-state index contributed by atoms with van der Waals surface area (Å²) in [6.07, 6.45) is 7.83. The van der Waals surface area contributed by atoms with Crippen LogP contribution in [0.15, 0.2) is 12.7 Å². The van der Waals surface area contributed by atoms with E-state index >= 15 is 0 Å². The molecule has 0 aromatic rings. The second-order valence-electron chi connectivity index (χ2n) is 6.64. The average molecular weight is 266 g/mol. The first kappa shape index (κ1) is 14.7. The summed E-state index contributed by atoms with van der Waals surface area (Å²) in [7, 11) is 0. The monoisotopic (exact) mass is 266 g/mol. The molecule has 0 spiro atoms. The summed E-state index contributed by atoms with van der Waals surface area (Å²) < 4.78 is 0. The normalized spacial score (nSPS) is 44.2. The van der Waals surface area contributed by atoms with Gasteiger partial charge in [-0.15, -0.1) is 6.58 Å². The lowest BCUT2D eigenvalue weighted by molar-refractivity contribution is -0.191. The Bertz CT molecular complexity index is 354. The molecule has 2 aliphatic rings. The topological polar surface area (TPSA) is 57.5 Å². The van der Waals surface area contributed by atoms with E-state index in [1.165, 1.54) is 19.3 Å². The molecule has 0 heterocycles. The van der Waals surface area contributed by atoms with Crippen molar-refractivity contribution in [3.8, 4) is 0 Å². The minimum atomic E-state index is -1.28. The predicted octanol–water partition coefficient (Wildman–Crippen LogP) is 2.46. The third-order valence-electron chi connectivity index (χ3n) is 5.79. The molecule has 2 fully saturated rings. The second-order valence-corrected chi connectivity index (χ2v) is 6.64. The fraction of sp³-hybridized carbons (Fsp3) is 0.812. The van der Waals surface area contributed by atoms with E-state index in [1.54, 1.807) is 0 Å². The van der Waals surface area contributed by atoms with E-state index in [-0.39, 0.29) is 11.3 Å². The van der Waals surface area contributed by atoms with Crippen LogP contribution < -0.4 is 0 Å². The first-order valence-electron chi connectivity index (χ1n) is 7.45. The maximum absolute atomic E-state index is 11.0. The average Bonchev–Trinajstić information content (AvgIpc) is 2.41. The van der Waals surface area contributed by atoms with Gasteiger partial charge in [-0.25, -0.2) is 0 Å². The summed E-state index contributed by atoms with van der Waals surface area (Å²) in [5.41, 5.74) is -1.26. The molecule has 0 aromatic heterocycles. The molecule has 3 nitrogen and oxygen atoms in total.